The van der Waals surface area contributed by atoms with Gasteiger partial charge in [0, 0.05) is 31.3 Å². The minimum atomic E-state index is -3.80. The minimum Gasteiger partial charge on any atom is -0.490 e. The molecule has 0 radical (unpaired) electrons. The molecule has 1 atom stereocenters. The molecular formula is C26H29N5O4S2. The number of nitrogens with one attached hydrogen (secondary N) is 1. The molecule has 0 saturated heterocycles. The van der Waals surface area contributed by atoms with Crippen molar-refractivity contribution < 1.29 is 17.9 Å². The number of carbonyl (C=O) groups is 1. The van der Waals surface area contributed by atoms with Crippen molar-refractivity contribution in [3.63, 3.8) is 0 Å². The summed E-state index contributed by atoms with van der Waals surface area (Å²) in [5, 5.41) is 19.8. The lowest BCUT2D eigenvalue weighted by Crippen LogP contribution is -2.38. The zero-order chi connectivity index (χ0) is 26.7. The lowest BCUT2D eigenvalue weighted by molar-refractivity contribution is -0.125. The molecule has 0 aliphatic heterocycles. The number of ether oxygens (including phenoxy) is 1. The molecular weight excluding hydrogens is 510 g/mol. The van der Waals surface area contributed by atoms with Gasteiger partial charge in [0.15, 0.2) is 0 Å². The van der Waals surface area contributed by atoms with Crippen molar-refractivity contribution in [2.24, 2.45) is 0 Å². The quantitative estimate of drug-likeness (QED) is 0.460. The van der Waals surface area contributed by atoms with Crippen LogP contribution in [0.3, 0.4) is 0 Å². The molecule has 37 heavy (non-hydrogen) atoms. The van der Waals surface area contributed by atoms with E-state index in [1.165, 1.54) is 30.3 Å². The number of sulfonamides is 1. The summed E-state index contributed by atoms with van der Waals surface area (Å²) >= 11 is 1.42. The van der Waals surface area contributed by atoms with Gasteiger partial charge in [-0.15, -0.1) is 10.2 Å². The molecule has 1 heterocycles. The minimum absolute atomic E-state index is 0.0443. The number of benzene rings is 2. The van der Waals surface area contributed by atoms with Crippen molar-refractivity contribution in [2.45, 2.75) is 45.3 Å². The molecule has 0 bridgehead atoms. The molecule has 0 spiro atoms. The van der Waals surface area contributed by atoms with E-state index in [1.807, 2.05) is 38.1 Å². The molecule has 0 unspecified atom stereocenters. The summed E-state index contributed by atoms with van der Waals surface area (Å²) in [7, 11) is -0.733. The summed E-state index contributed by atoms with van der Waals surface area (Å²) in [5.74, 6) is -0.525. The second-order valence-corrected chi connectivity index (χ2v) is 12.1. The monoisotopic (exact) mass is 539 g/mol. The van der Waals surface area contributed by atoms with Gasteiger partial charge >= 0.3 is 0 Å². The van der Waals surface area contributed by atoms with Gasteiger partial charge in [0.1, 0.15) is 27.6 Å². The standard InChI is InChI=1S/C26H29N5O4S2/c1-16(2)35-23-12-11-17(13-18(23)14-27)25-28-29-26(36-25)21-9-5-8-20-19(21)7-6-10-22(20)30-37(33,34)15-24(32)31(3)4/h5,8-9,11-13,16,22,30H,6-7,10,15H2,1-4H3/t22-/m1/s1. The van der Waals surface area contributed by atoms with E-state index in [-0.39, 0.29) is 6.10 Å². The molecule has 1 aliphatic carbocycles. The number of rotatable bonds is 8. The van der Waals surface area contributed by atoms with Crippen LogP contribution >= 0.6 is 11.3 Å². The molecule has 2 aromatic carbocycles. The average Bonchev–Trinajstić information content (AvgIpc) is 3.33. The van der Waals surface area contributed by atoms with Crippen LogP contribution in [-0.2, 0) is 21.2 Å². The van der Waals surface area contributed by atoms with Gasteiger partial charge in [-0.2, -0.15) is 5.26 Å². The van der Waals surface area contributed by atoms with Crippen LogP contribution in [0.2, 0.25) is 0 Å². The maximum absolute atomic E-state index is 12.7. The van der Waals surface area contributed by atoms with Gasteiger partial charge in [-0.05, 0) is 62.4 Å². The van der Waals surface area contributed by atoms with E-state index in [2.05, 4.69) is 21.0 Å². The Hall–Kier alpha value is -3.33. The highest BCUT2D eigenvalue weighted by atomic mass is 32.2. The number of fused-ring (bicyclic) bond motifs is 1. The van der Waals surface area contributed by atoms with E-state index in [0.717, 1.165) is 40.1 Å². The number of carbonyl (C=O) groups excluding carboxylic acids is 1. The molecule has 0 fully saturated rings. The Balaban J connectivity index is 1.62. The van der Waals surface area contributed by atoms with Crippen LogP contribution in [0.5, 0.6) is 5.75 Å². The van der Waals surface area contributed by atoms with Gasteiger partial charge in [-0.1, -0.05) is 29.5 Å². The first-order chi connectivity index (χ1) is 17.6. The lowest BCUT2D eigenvalue weighted by atomic mass is 9.85. The summed E-state index contributed by atoms with van der Waals surface area (Å²) in [4.78, 5) is 13.2. The predicted octanol–water partition coefficient (Wildman–Crippen LogP) is 3.92. The molecule has 9 nitrogen and oxygen atoms in total. The van der Waals surface area contributed by atoms with E-state index < -0.39 is 27.7 Å². The number of aromatic nitrogens is 2. The summed E-state index contributed by atoms with van der Waals surface area (Å²) in [6.45, 7) is 3.82. The molecule has 194 valence electrons. The second kappa shape index (κ2) is 11.0. The SMILES string of the molecule is CC(C)Oc1ccc(-c2nnc(-c3cccc4c3CCC[C@H]4NS(=O)(=O)CC(=O)N(C)C)s2)cc1C#N. The molecule has 3 aromatic rings. The number of nitrogens with zero attached hydrogens (tertiary/aromatic N) is 4. The normalized spacial score (nSPS) is 15.2. The number of nitriles is 1. The van der Waals surface area contributed by atoms with Gasteiger partial charge in [0.05, 0.1) is 11.7 Å². The van der Waals surface area contributed by atoms with Crippen LogP contribution in [-0.4, -0.2) is 55.4 Å². The lowest BCUT2D eigenvalue weighted by Gasteiger charge is -2.27. The first kappa shape index (κ1) is 26.7. The largest absolute Gasteiger partial charge is 0.490 e. The zero-order valence-electron chi connectivity index (χ0n) is 21.2. The first-order valence-corrected chi connectivity index (χ1v) is 14.4. The first-order valence-electron chi connectivity index (χ1n) is 11.9. The van der Waals surface area contributed by atoms with Crippen LogP contribution in [0.15, 0.2) is 36.4 Å². The Bertz CT molecular complexity index is 1460. The van der Waals surface area contributed by atoms with E-state index >= 15 is 0 Å². The number of hydrogen-bond donors (Lipinski definition) is 1. The van der Waals surface area contributed by atoms with Crippen LogP contribution in [0.1, 0.15) is 49.4 Å². The van der Waals surface area contributed by atoms with Gasteiger partial charge in [-0.25, -0.2) is 13.1 Å². The van der Waals surface area contributed by atoms with Crippen molar-refractivity contribution in [3.8, 4) is 33.0 Å². The molecule has 0 saturated carbocycles. The molecule has 1 aromatic heterocycles. The third-order valence-corrected chi connectivity index (χ3v) is 8.28. The molecule has 1 aliphatic rings. The molecule has 1 N–H and O–H groups in total. The van der Waals surface area contributed by atoms with E-state index in [0.29, 0.717) is 22.7 Å². The Morgan fingerprint density at radius 3 is 2.70 bits per heavy atom. The van der Waals surface area contributed by atoms with Crippen molar-refractivity contribution in [3.05, 3.63) is 53.1 Å². The van der Waals surface area contributed by atoms with E-state index in [4.69, 9.17) is 4.74 Å². The zero-order valence-corrected chi connectivity index (χ0v) is 22.8. The van der Waals surface area contributed by atoms with Crippen molar-refractivity contribution in [2.75, 3.05) is 19.8 Å². The third kappa shape index (κ3) is 6.15. The number of hydrogen-bond acceptors (Lipinski definition) is 8. The fraction of sp³-hybridized carbons (Fsp3) is 0.385. The molecule has 1 amide bonds. The smallest absolute Gasteiger partial charge is 0.238 e. The van der Waals surface area contributed by atoms with Crippen LogP contribution in [0.25, 0.3) is 21.1 Å². The van der Waals surface area contributed by atoms with Crippen molar-refractivity contribution in [1.29, 1.82) is 5.26 Å². The van der Waals surface area contributed by atoms with Gasteiger partial charge < -0.3 is 9.64 Å². The Morgan fingerprint density at radius 2 is 2.00 bits per heavy atom. The number of amides is 1. The fourth-order valence-electron chi connectivity index (χ4n) is 4.28. The van der Waals surface area contributed by atoms with Crippen LogP contribution in [0, 0.1) is 11.3 Å². The van der Waals surface area contributed by atoms with Crippen molar-refractivity contribution >= 4 is 27.3 Å². The topological polar surface area (TPSA) is 125 Å². The summed E-state index contributed by atoms with van der Waals surface area (Å²) < 4.78 is 33.8. The maximum atomic E-state index is 12.7. The highest BCUT2D eigenvalue weighted by Crippen LogP contribution is 2.39. The third-order valence-electron chi connectivity index (χ3n) is 6.01. The maximum Gasteiger partial charge on any atom is 0.238 e. The Kier molecular flexibility index (Phi) is 7.92. The van der Waals surface area contributed by atoms with E-state index in [1.54, 1.807) is 12.1 Å². The van der Waals surface area contributed by atoms with Crippen LogP contribution < -0.4 is 9.46 Å². The van der Waals surface area contributed by atoms with Gasteiger partial charge in [0.2, 0.25) is 15.9 Å². The average molecular weight is 540 g/mol. The summed E-state index contributed by atoms with van der Waals surface area (Å²) in [5.41, 5.74) is 4.04. The molecule has 11 heteroatoms. The van der Waals surface area contributed by atoms with Crippen molar-refractivity contribution in [1.82, 2.24) is 19.8 Å². The van der Waals surface area contributed by atoms with Gasteiger partial charge in [-0.3, -0.25) is 4.79 Å². The summed E-state index contributed by atoms with van der Waals surface area (Å²) in [6.07, 6.45) is 2.19. The fourth-order valence-corrected chi connectivity index (χ4v) is 6.51. The van der Waals surface area contributed by atoms with Gasteiger partial charge in [0.25, 0.3) is 0 Å². The summed E-state index contributed by atoms with van der Waals surface area (Å²) in [6, 6.07) is 12.9. The predicted molar refractivity (Wildman–Crippen MR) is 143 cm³/mol. The highest BCUT2D eigenvalue weighted by molar-refractivity contribution is 7.90. The highest BCUT2D eigenvalue weighted by Gasteiger charge is 2.28. The second-order valence-electron chi connectivity index (χ2n) is 9.38. The Labute approximate surface area is 221 Å². The van der Waals surface area contributed by atoms with E-state index in [9.17, 15) is 18.5 Å². The Morgan fingerprint density at radius 1 is 1.24 bits per heavy atom. The molecule has 4 rings (SSSR count). The van der Waals surface area contributed by atoms with Crippen LogP contribution in [0.4, 0.5) is 0 Å².